The van der Waals surface area contributed by atoms with E-state index >= 15 is 0 Å². The second-order valence-corrected chi connectivity index (χ2v) is 5.36. The first kappa shape index (κ1) is 16.7. The van der Waals surface area contributed by atoms with Gasteiger partial charge in [0, 0.05) is 6.42 Å². The molecule has 0 bridgehead atoms. The molecule has 0 fully saturated rings. The van der Waals surface area contributed by atoms with Crippen LogP contribution in [0.5, 0.6) is 0 Å². The molecular weight excluding hydrogens is 252 g/mol. The molecule has 0 aromatic heterocycles. The fraction of sp³-hybridized carbons (Fsp3) is 0.562. The van der Waals surface area contributed by atoms with Crippen molar-refractivity contribution < 1.29 is 9.90 Å². The molecule has 1 amide bonds. The van der Waals surface area contributed by atoms with Gasteiger partial charge in [0.1, 0.15) is 0 Å². The highest BCUT2D eigenvalue weighted by Gasteiger charge is 2.27. The molecule has 0 heterocycles. The molecule has 1 aromatic carbocycles. The van der Waals surface area contributed by atoms with E-state index in [2.05, 4.69) is 5.32 Å². The highest BCUT2D eigenvalue weighted by atomic mass is 16.3. The van der Waals surface area contributed by atoms with Crippen molar-refractivity contribution >= 4 is 5.91 Å². The number of carbonyl (C=O) groups is 1. The number of hydrogen-bond donors (Lipinski definition) is 3. The Morgan fingerprint density at radius 1 is 1.20 bits per heavy atom. The van der Waals surface area contributed by atoms with E-state index in [0.29, 0.717) is 13.0 Å². The molecule has 1 atom stereocenters. The zero-order chi connectivity index (χ0) is 14.8. The quantitative estimate of drug-likeness (QED) is 0.604. The molecule has 0 spiro atoms. The molecule has 1 rings (SSSR count). The number of hydrogen-bond acceptors (Lipinski definition) is 3. The number of aliphatic hydroxyl groups excluding tert-OH is 1. The molecule has 0 aliphatic heterocycles. The van der Waals surface area contributed by atoms with Crippen LogP contribution in [0.3, 0.4) is 0 Å². The lowest BCUT2D eigenvalue weighted by Gasteiger charge is -2.29. The maximum Gasteiger partial charge on any atom is 0.220 e. The van der Waals surface area contributed by atoms with Gasteiger partial charge in [-0.1, -0.05) is 43.2 Å². The highest BCUT2D eigenvalue weighted by molar-refractivity contribution is 5.77. The zero-order valence-electron chi connectivity index (χ0n) is 12.3. The number of nitrogens with one attached hydrogen (secondary N) is 1. The van der Waals surface area contributed by atoms with E-state index in [4.69, 9.17) is 5.73 Å². The van der Waals surface area contributed by atoms with Crippen LogP contribution in [0.25, 0.3) is 0 Å². The lowest BCUT2D eigenvalue weighted by atomic mass is 9.92. The SMILES string of the molecule is CC(CO)(NC(=O)CCCCCCN)c1ccccc1. The summed E-state index contributed by atoms with van der Waals surface area (Å²) in [5, 5.41) is 12.5. The Kier molecular flexibility index (Phi) is 7.26. The fourth-order valence-corrected chi connectivity index (χ4v) is 2.16. The number of benzene rings is 1. The Balaban J connectivity index is 2.45. The van der Waals surface area contributed by atoms with Crippen LogP contribution in [0, 0.1) is 0 Å². The monoisotopic (exact) mass is 278 g/mol. The predicted octanol–water partition coefficient (Wildman–Crippen LogP) is 1.92. The van der Waals surface area contributed by atoms with Gasteiger partial charge in [-0.15, -0.1) is 0 Å². The van der Waals surface area contributed by atoms with Crippen molar-refractivity contribution in [3.05, 3.63) is 35.9 Å². The van der Waals surface area contributed by atoms with Gasteiger partial charge in [-0.3, -0.25) is 4.79 Å². The third-order valence-electron chi connectivity index (χ3n) is 3.50. The summed E-state index contributed by atoms with van der Waals surface area (Å²) in [7, 11) is 0. The number of nitrogens with two attached hydrogens (primary N) is 1. The molecule has 0 aliphatic carbocycles. The van der Waals surface area contributed by atoms with E-state index in [1.54, 1.807) is 0 Å². The van der Waals surface area contributed by atoms with Crippen molar-refractivity contribution in [1.82, 2.24) is 5.32 Å². The third-order valence-corrected chi connectivity index (χ3v) is 3.50. The minimum atomic E-state index is -0.713. The van der Waals surface area contributed by atoms with Gasteiger partial charge in [0.05, 0.1) is 12.1 Å². The van der Waals surface area contributed by atoms with Crippen molar-refractivity contribution in [2.24, 2.45) is 5.73 Å². The molecule has 0 aliphatic rings. The molecule has 4 N–H and O–H groups in total. The third kappa shape index (κ3) is 5.31. The van der Waals surface area contributed by atoms with Gasteiger partial charge < -0.3 is 16.2 Å². The number of aliphatic hydroxyl groups is 1. The van der Waals surface area contributed by atoms with Crippen LogP contribution < -0.4 is 11.1 Å². The average molecular weight is 278 g/mol. The van der Waals surface area contributed by atoms with Gasteiger partial charge in [0.15, 0.2) is 0 Å². The second-order valence-electron chi connectivity index (χ2n) is 5.36. The van der Waals surface area contributed by atoms with Crippen molar-refractivity contribution in [2.75, 3.05) is 13.2 Å². The number of unbranched alkanes of at least 4 members (excludes halogenated alkanes) is 3. The average Bonchev–Trinajstić information content (AvgIpc) is 2.48. The molecule has 20 heavy (non-hydrogen) atoms. The van der Waals surface area contributed by atoms with Crippen molar-refractivity contribution in [3.63, 3.8) is 0 Å². The number of rotatable bonds is 9. The highest BCUT2D eigenvalue weighted by Crippen LogP contribution is 2.20. The summed E-state index contributed by atoms with van der Waals surface area (Å²) in [6.45, 7) is 2.44. The molecule has 0 saturated carbocycles. The van der Waals surface area contributed by atoms with E-state index in [1.807, 2.05) is 37.3 Å². The molecular formula is C16H26N2O2. The van der Waals surface area contributed by atoms with E-state index in [1.165, 1.54) is 0 Å². The van der Waals surface area contributed by atoms with Gasteiger partial charge >= 0.3 is 0 Å². The van der Waals surface area contributed by atoms with Gasteiger partial charge in [-0.2, -0.15) is 0 Å². The molecule has 0 radical (unpaired) electrons. The first-order valence-corrected chi connectivity index (χ1v) is 7.30. The standard InChI is InChI=1S/C16H26N2O2/c1-16(13-19,14-9-5-4-6-10-14)18-15(20)11-7-2-3-8-12-17/h4-6,9-10,19H,2-3,7-8,11-13,17H2,1H3,(H,18,20). The topological polar surface area (TPSA) is 75.3 Å². The fourth-order valence-electron chi connectivity index (χ4n) is 2.16. The van der Waals surface area contributed by atoms with Gasteiger partial charge in [0.2, 0.25) is 5.91 Å². The summed E-state index contributed by atoms with van der Waals surface area (Å²) in [6.07, 6.45) is 4.46. The largest absolute Gasteiger partial charge is 0.394 e. The van der Waals surface area contributed by atoms with Crippen LogP contribution in [-0.4, -0.2) is 24.2 Å². The molecule has 4 nitrogen and oxygen atoms in total. The van der Waals surface area contributed by atoms with Crippen LogP contribution >= 0.6 is 0 Å². The van der Waals surface area contributed by atoms with Crippen LogP contribution in [0.4, 0.5) is 0 Å². The lowest BCUT2D eigenvalue weighted by molar-refractivity contribution is -0.123. The minimum Gasteiger partial charge on any atom is -0.394 e. The summed E-state index contributed by atoms with van der Waals surface area (Å²) in [6, 6.07) is 9.56. The summed E-state index contributed by atoms with van der Waals surface area (Å²) in [5.74, 6) is -0.0156. The summed E-state index contributed by atoms with van der Waals surface area (Å²) < 4.78 is 0. The molecule has 1 aromatic rings. The maximum atomic E-state index is 12.0. The Morgan fingerprint density at radius 3 is 2.45 bits per heavy atom. The van der Waals surface area contributed by atoms with Crippen LogP contribution in [0.15, 0.2) is 30.3 Å². The second kappa shape index (κ2) is 8.72. The lowest BCUT2D eigenvalue weighted by Crippen LogP contribution is -2.46. The maximum absolute atomic E-state index is 12.0. The first-order valence-electron chi connectivity index (χ1n) is 7.30. The van der Waals surface area contributed by atoms with Gasteiger partial charge in [-0.05, 0) is 31.9 Å². The Bertz CT molecular complexity index is 395. The van der Waals surface area contributed by atoms with E-state index in [-0.39, 0.29) is 12.5 Å². The first-order chi connectivity index (χ1) is 9.62. The molecule has 4 heteroatoms. The molecule has 0 saturated heterocycles. The molecule has 1 unspecified atom stereocenters. The van der Waals surface area contributed by atoms with Crippen molar-refractivity contribution in [3.8, 4) is 0 Å². The van der Waals surface area contributed by atoms with E-state index in [9.17, 15) is 9.90 Å². The van der Waals surface area contributed by atoms with Crippen LogP contribution in [-0.2, 0) is 10.3 Å². The van der Waals surface area contributed by atoms with Gasteiger partial charge in [-0.25, -0.2) is 0 Å². The Morgan fingerprint density at radius 2 is 1.85 bits per heavy atom. The summed E-state index contributed by atoms with van der Waals surface area (Å²) >= 11 is 0. The Labute approximate surface area is 121 Å². The number of amides is 1. The predicted molar refractivity (Wildman–Crippen MR) is 81.2 cm³/mol. The smallest absolute Gasteiger partial charge is 0.220 e. The molecule has 112 valence electrons. The summed E-state index contributed by atoms with van der Waals surface area (Å²) in [4.78, 5) is 12.0. The van der Waals surface area contributed by atoms with Crippen molar-refractivity contribution in [2.45, 2.75) is 44.6 Å². The minimum absolute atomic E-state index is 0.0156. The van der Waals surface area contributed by atoms with Crippen molar-refractivity contribution in [1.29, 1.82) is 0 Å². The van der Waals surface area contributed by atoms with E-state index < -0.39 is 5.54 Å². The number of carbonyl (C=O) groups excluding carboxylic acids is 1. The normalized spacial score (nSPS) is 13.8. The van der Waals surface area contributed by atoms with Gasteiger partial charge in [0.25, 0.3) is 0 Å². The Hall–Kier alpha value is -1.39. The van der Waals surface area contributed by atoms with Crippen LogP contribution in [0.1, 0.15) is 44.6 Å². The summed E-state index contributed by atoms with van der Waals surface area (Å²) in [5.41, 5.74) is 5.63. The van der Waals surface area contributed by atoms with E-state index in [0.717, 1.165) is 31.2 Å². The van der Waals surface area contributed by atoms with Crippen LogP contribution in [0.2, 0.25) is 0 Å². The zero-order valence-corrected chi connectivity index (χ0v) is 12.3.